The molecule has 1 unspecified atom stereocenters. The summed E-state index contributed by atoms with van der Waals surface area (Å²) in [5, 5.41) is 3.67. The first-order chi connectivity index (χ1) is 9.68. The van der Waals surface area contributed by atoms with E-state index in [1.54, 1.807) is 7.11 Å². The molecule has 20 heavy (non-hydrogen) atoms. The number of hydrogen-bond donors (Lipinski definition) is 1. The molecule has 0 fully saturated rings. The van der Waals surface area contributed by atoms with Gasteiger partial charge in [-0.2, -0.15) is 0 Å². The summed E-state index contributed by atoms with van der Waals surface area (Å²) in [7, 11) is 1.71. The van der Waals surface area contributed by atoms with Crippen LogP contribution in [0.25, 0.3) is 0 Å². The fourth-order valence-electron chi connectivity index (χ4n) is 2.96. The lowest BCUT2D eigenvalue weighted by atomic mass is 9.83. The fourth-order valence-corrected chi connectivity index (χ4v) is 2.96. The predicted molar refractivity (Wildman–Crippen MR) is 82.6 cm³/mol. The Bertz CT molecular complexity index is 441. The molecule has 0 bridgehead atoms. The van der Waals surface area contributed by atoms with Crippen molar-refractivity contribution < 1.29 is 9.47 Å². The zero-order chi connectivity index (χ0) is 14.6. The Morgan fingerprint density at radius 3 is 2.65 bits per heavy atom. The van der Waals surface area contributed by atoms with Crippen LogP contribution in [-0.2, 0) is 0 Å². The van der Waals surface area contributed by atoms with Crippen LogP contribution in [0.2, 0.25) is 0 Å². The summed E-state index contributed by atoms with van der Waals surface area (Å²) in [6, 6.07) is 6.50. The highest BCUT2D eigenvalue weighted by Crippen LogP contribution is 2.43. The van der Waals surface area contributed by atoms with E-state index in [4.69, 9.17) is 9.47 Å². The minimum Gasteiger partial charge on any atom is -0.497 e. The predicted octanol–water partition coefficient (Wildman–Crippen LogP) is 4.08. The number of methoxy groups -OCH3 is 1. The third kappa shape index (κ3) is 2.93. The maximum Gasteiger partial charge on any atom is 0.125 e. The maximum absolute atomic E-state index is 6.33. The molecule has 112 valence electrons. The lowest BCUT2D eigenvalue weighted by molar-refractivity contribution is 0.0227. The summed E-state index contributed by atoms with van der Waals surface area (Å²) in [4.78, 5) is 0. The molecule has 1 aromatic rings. The van der Waals surface area contributed by atoms with Crippen LogP contribution in [-0.4, -0.2) is 19.3 Å². The standard InChI is InChI=1S/C17H27NO2/c1-5-10-18-15-12-17(6-2,7-3)20-16-9-8-13(19-4)11-14(15)16/h8-9,11,15,18H,5-7,10,12H2,1-4H3. The number of rotatable bonds is 6. The largest absolute Gasteiger partial charge is 0.497 e. The van der Waals surface area contributed by atoms with Crippen molar-refractivity contribution >= 4 is 0 Å². The second kappa shape index (κ2) is 6.49. The minimum atomic E-state index is -0.0347. The molecule has 0 amide bonds. The van der Waals surface area contributed by atoms with Gasteiger partial charge in [0.15, 0.2) is 0 Å². The Morgan fingerprint density at radius 2 is 2.05 bits per heavy atom. The van der Waals surface area contributed by atoms with Crippen molar-refractivity contribution in [1.29, 1.82) is 0 Å². The average molecular weight is 277 g/mol. The second-order valence-electron chi connectivity index (χ2n) is 5.61. The van der Waals surface area contributed by atoms with Crippen LogP contribution in [0.1, 0.15) is 58.1 Å². The first kappa shape index (κ1) is 15.2. The summed E-state index contributed by atoms with van der Waals surface area (Å²) < 4.78 is 11.7. The highest BCUT2D eigenvalue weighted by Gasteiger charge is 2.38. The molecule has 1 aromatic carbocycles. The van der Waals surface area contributed by atoms with Crippen LogP contribution in [0.5, 0.6) is 11.5 Å². The molecule has 0 radical (unpaired) electrons. The summed E-state index contributed by atoms with van der Waals surface area (Å²) >= 11 is 0. The van der Waals surface area contributed by atoms with Gasteiger partial charge in [-0.15, -0.1) is 0 Å². The Kier molecular flexibility index (Phi) is 4.92. The quantitative estimate of drug-likeness (QED) is 0.850. The van der Waals surface area contributed by atoms with Gasteiger partial charge in [0.05, 0.1) is 7.11 Å². The lowest BCUT2D eigenvalue weighted by Crippen LogP contribution is -2.43. The second-order valence-corrected chi connectivity index (χ2v) is 5.61. The maximum atomic E-state index is 6.33. The van der Waals surface area contributed by atoms with Gasteiger partial charge in [-0.3, -0.25) is 0 Å². The number of nitrogens with one attached hydrogen (secondary N) is 1. The summed E-state index contributed by atoms with van der Waals surface area (Å²) in [5.74, 6) is 1.91. The molecule has 1 atom stereocenters. The Balaban J connectivity index is 2.35. The Labute approximate surface area is 122 Å². The van der Waals surface area contributed by atoms with Crippen molar-refractivity contribution in [1.82, 2.24) is 5.32 Å². The lowest BCUT2D eigenvalue weighted by Gasteiger charge is -2.42. The molecule has 0 aromatic heterocycles. The highest BCUT2D eigenvalue weighted by atomic mass is 16.5. The third-order valence-corrected chi connectivity index (χ3v) is 4.42. The van der Waals surface area contributed by atoms with E-state index in [2.05, 4.69) is 32.2 Å². The van der Waals surface area contributed by atoms with Gasteiger partial charge in [-0.1, -0.05) is 20.8 Å². The monoisotopic (exact) mass is 277 g/mol. The smallest absolute Gasteiger partial charge is 0.125 e. The zero-order valence-corrected chi connectivity index (χ0v) is 13.2. The molecule has 0 aliphatic carbocycles. The molecule has 0 saturated carbocycles. The first-order valence-corrected chi connectivity index (χ1v) is 7.78. The molecule has 1 heterocycles. The number of fused-ring (bicyclic) bond motifs is 1. The normalized spacial score (nSPS) is 20.1. The van der Waals surface area contributed by atoms with Crippen molar-refractivity contribution in [2.45, 2.75) is 58.1 Å². The van der Waals surface area contributed by atoms with E-state index in [9.17, 15) is 0 Å². The molecular weight excluding hydrogens is 250 g/mol. The number of benzene rings is 1. The summed E-state index contributed by atoms with van der Waals surface area (Å²) in [5.41, 5.74) is 1.20. The Morgan fingerprint density at radius 1 is 1.30 bits per heavy atom. The Hall–Kier alpha value is -1.22. The third-order valence-electron chi connectivity index (χ3n) is 4.42. The zero-order valence-electron chi connectivity index (χ0n) is 13.2. The van der Waals surface area contributed by atoms with Crippen LogP contribution in [0.4, 0.5) is 0 Å². The molecule has 2 rings (SSSR count). The van der Waals surface area contributed by atoms with E-state index in [0.29, 0.717) is 6.04 Å². The van der Waals surface area contributed by atoms with Gasteiger partial charge >= 0.3 is 0 Å². The molecule has 3 heteroatoms. The van der Waals surface area contributed by atoms with E-state index >= 15 is 0 Å². The molecule has 0 spiro atoms. The van der Waals surface area contributed by atoms with Gasteiger partial charge in [0.25, 0.3) is 0 Å². The van der Waals surface area contributed by atoms with Crippen molar-refractivity contribution in [3.63, 3.8) is 0 Å². The van der Waals surface area contributed by atoms with E-state index in [-0.39, 0.29) is 5.60 Å². The molecule has 1 aliphatic rings. The number of ether oxygens (including phenoxy) is 2. The summed E-state index contributed by atoms with van der Waals surface area (Å²) in [6.45, 7) is 7.67. The van der Waals surface area contributed by atoms with E-state index in [0.717, 1.165) is 43.7 Å². The van der Waals surface area contributed by atoms with Gasteiger partial charge in [0.1, 0.15) is 17.1 Å². The van der Waals surface area contributed by atoms with Crippen molar-refractivity contribution in [2.24, 2.45) is 0 Å². The number of hydrogen-bond acceptors (Lipinski definition) is 3. The topological polar surface area (TPSA) is 30.5 Å². The summed E-state index contributed by atoms with van der Waals surface area (Å²) in [6.07, 6.45) is 4.25. The molecule has 3 nitrogen and oxygen atoms in total. The minimum absolute atomic E-state index is 0.0347. The molecular formula is C17H27NO2. The van der Waals surface area contributed by atoms with Gasteiger partial charge in [0.2, 0.25) is 0 Å². The molecule has 1 N–H and O–H groups in total. The van der Waals surface area contributed by atoms with Crippen LogP contribution in [0.3, 0.4) is 0 Å². The van der Waals surface area contributed by atoms with Gasteiger partial charge in [-0.05, 0) is 44.0 Å². The molecule has 1 aliphatic heterocycles. The van der Waals surface area contributed by atoms with Crippen molar-refractivity contribution in [3.05, 3.63) is 23.8 Å². The van der Waals surface area contributed by atoms with Crippen LogP contribution < -0.4 is 14.8 Å². The van der Waals surface area contributed by atoms with Gasteiger partial charge in [-0.25, -0.2) is 0 Å². The highest BCUT2D eigenvalue weighted by molar-refractivity contribution is 5.44. The van der Waals surface area contributed by atoms with Crippen molar-refractivity contribution in [2.75, 3.05) is 13.7 Å². The van der Waals surface area contributed by atoms with E-state index < -0.39 is 0 Å². The van der Waals surface area contributed by atoms with Crippen LogP contribution >= 0.6 is 0 Å². The van der Waals surface area contributed by atoms with E-state index in [1.165, 1.54) is 5.56 Å². The van der Waals surface area contributed by atoms with Crippen LogP contribution in [0.15, 0.2) is 18.2 Å². The SMILES string of the molecule is CCCNC1CC(CC)(CC)Oc2ccc(OC)cc21. The first-order valence-electron chi connectivity index (χ1n) is 7.78. The van der Waals surface area contributed by atoms with Gasteiger partial charge < -0.3 is 14.8 Å². The van der Waals surface area contributed by atoms with Crippen molar-refractivity contribution in [3.8, 4) is 11.5 Å². The van der Waals surface area contributed by atoms with Crippen LogP contribution in [0, 0.1) is 0 Å². The average Bonchev–Trinajstić information content (AvgIpc) is 2.51. The van der Waals surface area contributed by atoms with Gasteiger partial charge in [0, 0.05) is 18.0 Å². The molecule has 0 saturated heterocycles. The van der Waals surface area contributed by atoms with E-state index in [1.807, 2.05) is 12.1 Å². The fraction of sp³-hybridized carbons (Fsp3) is 0.647.